The SMILES string of the molecule is CC1CN(c2nc3ccccc3[nH]2)CC1N. The van der Waals surface area contributed by atoms with Crippen molar-refractivity contribution >= 4 is 17.0 Å². The lowest BCUT2D eigenvalue weighted by molar-refractivity contribution is 0.566. The fourth-order valence-corrected chi connectivity index (χ4v) is 2.25. The van der Waals surface area contributed by atoms with Gasteiger partial charge in [0.05, 0.1) is 11.0 Å². The predicted octanol–water partition coefficient (Wildman–Crippen LogP) is 1.35. The smallest absolute Gasteiger partial charge is 0.203 e. The predicted molar refractivity (Wildman–Crippen MR) is 65.4 cm³/mol. The number of rotatable bonds is 1. The molecule has 16 heavy (non-hydrogen) atoms. The molecule has 4 nitrogen and oxygen atoms in total. The lowest BCUT2D eigenvalue weighted by atomic mass is 10.1. The van der Waals surface area contributed by atoms with Crippen molar-refractivity contribution in [2.45, 2.75) is 13.0 Å². The Hall–Kier alpha value is -1.55. The van der Waals surface area contributed by atoms with Crippen LogP contribution in [0.15, 0.2) is 24.3 Å². The molecular weight excluding hydrogens is 200 g/mol. The van der Waals surface area contributed by atoms with Crippen LogP contribution in [0.5, 0.6) is 0 Å². The number of nitrogens with one attached hydrogen (secondary N) is 1. The number of aromatic nitrogens is 2. The van der Waals surface area contributed by atoms with Crippen molar-refractivity contribution in [1.82, 2.24) is 9.97 Å². The highest BCUT2D eigenvalue weighted by Crippen LogP contribution is 2.22. The van der Waals surface area contributed by atoms with Crippen molar-refractivity contribution in [2.24, 2.45) is 11.7 Å². The van der Waals surface area contributed by atoms with Crippen molar-refractivity contribution < 1.29 is 0 Å². The fourth-order valence-electron chi connectivity index (χ4n) is 2.25. The third-order valence-electron chi connectivity index (χ3n) is 3.35. The molecule has 0 aliphatic carbocycles. The van der Waals surface area contributed by atoms with Crippen molar-refractivity contribution in [2.75, 3.05) is 18.0 Å². The summed E-state index contributed by atoms with van der Waals surface area (Å²) in [5, 5.41) is 0. The van der Waals surface area contributed by atoms with Gasteiger partial charge in [-0.15, -0.1) is 0 Å². The molecule has 2 atom stereocenters. The van der Waals surface area contributed by atoms with Crippen LogP contribution in [0.4, 0.5) is 5.95 Å². The minimum atomic E-state index is 0.258. The van der Waals surface area contributed by atoms with E-state index in [-0.39, 0.29) is 6.04 Å². The second-order valence-electron chi connectivity index (χ2n) is 4.62. The number of hydrogen-bond acceptors (Lipinski definition) is 3. The first-order chi connectivity index (χ1) is 7.74. The van der Waals surface area contributed by atoms with Crippen LogP contribution in [-0.2, 0) is 0 Å². The maximum Gasteiger partial charge on any atom is 0.203 e. The molecule has 0 radical (unpaired) electrons. The Morgan fingerprint density at radius 3 is 2.88 bits per heavy atom. The van der Waals surface area contributed by atoms with Crippen molar-refractivity contribution in [1.29, 1.82) is 0 Å². The van der Waals surface area contributed by atoms with Gasteiger partial charge >= 0.3 is 0 Å². The highest BCUT2D eigenvalue weighted by molar-refractivity contribution is 5.77. The lowest BCUT2D eigenvalue weighted by Gasteiger charge is -2.13. The maximum atomic E-state index is 6.02. The molecule has 1 saturated heterocycles. The molecule has 2 aromatic rings. The number of aromatic amines is 1. The number of nitrogens with two attached hydrogens (primary N) is 1. The Morgan fingerprint density at radius 2 is 2.19 bits per heavy atom. The molecule has 2 unspecified atom stereocenters. The zero-order chi connectivity index (χ0) is 11.1. The third kappa shape index (κ3) is 1.46. The largest absolute Gasteiger partial charge is 0.341 e. The second kappa shape index (κ2) is 3.49. The van der Waals surface area contributed by atoms with E-state index in [1.807, 2.05) is 24.3 Å². The number of benzene rings is 1. The van der Waals surface area contributed by atoms with E-state index in [9.17, 15) is 0 Å². The highest BCUT2D eigenvalue weighted by Gasteiger charge is 2.28. The molecule has 0 amide bonds. The van der Waals surface area contributed by atoms with Crippen LogP contribution in [0.25, 0.3) is 11.0 Å². The van der Waals surface area contributed by atoms with Gasteiger partial charge in [0.1, 0.15) is 0 Å². The summed E-state index contributed by atoms with van der Waals surface area (Å²) in [5.74, 6) is 1.48. The Morgan fingerprint density at radius 1 is 1.38 bits per heavy atom. The first kappa shape index (κ1) is 9.66. The van der Waals surface area contributed by atoms with E-state index in [0.29, 0.717) is 5.92 Å². The van der Waals surface area contributed by atoms with Crippen LogP contribution in [0.2, 0.25) is 0 Å². The number of fused-ring (bicyclic) bond motifs is 1. The van der Waals surface area contributed by atoms with Crippen LogP contribution < -0.4 is 10.6 Å². The number of anilines is 1. The summed E-state index contributed by atoms with van der Waals surface area (Å²) in [4.78, 5) is 10.1. The van der Waals surface area contributed by atoms with E-state index >= 15 is 0 Å². The number of para-hydroxylation sites is 2. The standard InChI is InChI=1S/C12H16N4/c1-8-6-16(7-9(8)13)12-14-10-4-2-3-5-11(10)15-12/h2-5,8-9H,6-7,13H2,1H3,(H,14,15). The van der Waals surface area contributed by atoms with Crippen molar-refractivity contribution in [3.63, 3.8) is 0 Å². The second-order valence-corrected chi connectivity index (χ2v) is 4.62. The minimum absolute atomic E-state index is 0.258. The van der Waals surface area contributed by atoms with Gasteiger partial charge in [-0.1, -0.05) is 19.1 Å². The van der Waals surface area contributed by atoms with Gasteiger partial charge in [-0.2, -0.15) is 0 Å². The van der Waals surface area contributed by atoms with E-state index in [1.54, 1.807) is 0 Å². The Balaban J connectivity index is 1.95. The first-order valence-corrected chi connectivity index (χ1v) is 5.69. The number of hydrogen-bond donors (Lipinski definition) is 2. The number of H-pyrrole nitrogens is 1. The van der Waals surface area contributed by atoms with E-state index in [2.05, 4.69) is 21.8 Å². The molecule has 1 aromatic heterocycles. The summed E-state index contributed by atoms with van der Waals surface area (Å²) in [6.07, 6.45) is 0. The van der Waals surface area contributed by atoms with Gasteiger partial charge < -0.3 is 15.6 Å². The number of nitrogens with zero attached hydrogens (tertiary/aromatic N) is 2. The number of imidazole rings is 1. The molecule has 3 N–H and O–H groups in total. The molecule has 4 heteroatoms. The monoisotopic (exact) mass is 216 g/mol. The normalized spacial score (nSPS) is 25.5. The van der Waals surface area contributed by atoms with Gasteiger partial charge in [0.25, 0.3) is 0 Å². The highest BCUT2D eigenvalue weighted by atomic mass is 15.3. The average Bonchev–Trinajstić information content (AvgIpc) is 2.83. The molecule has 0 saturated carbocycles. The fraction of sp³-hybridized carbons (Fsp3) is 0.417. The molecule has 84 valence electrons. The van der Waals surface area contributed by atoms with Gasteiger partial charge in [0.2, 0.25) is 5.95 Å². The topological polar surface area (TPSA) is 57.9 Å². The lowest BCUT2D eigenvalue weighted by Crippen LogP contribution is -2.28. The Labute approximate surface area is 94.5 Å². The first-order valence-electron chi connectivity index (χ1n) is 5.69. The summed E-state index contributed by atoms with van der Waals surface area (Å²) in [5.41, 5.74) is 8.12. The molecule has 1 fully saturated rings. The third-order valence-corrected chi connectivity index (χ3v) is 3.35. The van der Waals surface area contributed by atoms with Crippen LogP contribution in [0.3, 0.4) is 0 Å². The minimum Gasteiger partial charge on any atom is -0.341 e. The zero-order valence-corrected chi connectivity index (χ0v) is 9.35. The van der Waals surface area contributed by atoms with Crippen molar-refractivity contribution in [3.05, 3.63) is 24.3 Å². The summed E-state index contributed by atoms with van der Waals surface area (Å²) in [6.45, 7) is 4.06. The van der Waals surface area contributed by atoms with E-state index in [4.69, 9.17) is 5.73 Å². The molecule has 1 aliphatic heterocycles. The van der Waals surface area contributed by atoms with Crippen molar-refractivity contribution in [3.8, 4) is 0 Å². The Bertz CT molecular complexity index is 461. The van der Waals surface area contributed by atoms with Crippen LogP contribution >= 0.6 is 0 Å². The van der Waals surface area contributed by atoms with E-state index in [0.717, 1.165) is 30.1 Å². The van der Waals surface area contributed by atoms with Crippen LogP contribution in [0, 0.1) is 5.92 Å². The van der Waals surface area contributed by atoms with Gasteiger partial charge in [0.15, 0.2) is 0 Å². The quantitative estimate of drug-likeness (QED) is 0.756. The summed E-state index contributed by atoms with van der Waals surface area (Å²) in [6, 6.07) is 8.35. The van der Waals surface area contributed by atoms with Gasteiger partial charge in [-0.25, -0.2) is 4.98 Å². The summed E-state index contributed by atoms with van der Waals surface area (Å²) < 4.78 is 0. The van der Waals surface area contributed by atoms with Crippen LogP contribution in [0.1, 0.15) is 6.92 Å². The molecule has 0 bridgehead atoms. The molecule has 0 spiro atoms. The van der Waals surface area contributed by atoms with Gasteiger partial charge in [-0.3, -0.25) is 0 Å². The summed E-state index contributed by atoms with van der Waals surface area (Å²) in [7, 11) is 0. The van der Waals surface area contributed by atoms with Crippen LogP contribution in [-0.4, -0.2) is 29.1 Å². The molecule has 2 heterocycles. The van der Waals surface area contributed by atoms with E-state index < -0.39 is 0 Å². The van der Waals surface area contributed by atoms with Gasteiger partial charge in [0, 0.05) is 19.1 Å². The molecule has 3 rings (SSSR count). The molecule has 1 aliphatic rings. The molecule has 1 aromatic carbocycles. The van der Waals surface area contributed by atoms with E-state index in [1.165, 1.54) is 0 Å². The molecular formula is C12H16N4. The average molecular weight is 216 g/mol. The Kier molecular flexibility index (Phi) is 2.11. The summed E-state index contributed by atoms with van der Waals surface area (Å²) >= 11 is 0. The van der Waals surface area contributed by atoms with Gasteiger partial charge in [-0.05, 0) is 18.1 Å². The maximum absolute atomic E-state index is 6.02. The zero-order valence-electron chi connectivity index (χ0n) is 9.35.